The van der Waals surface area contributed by atoms with Crippen molar-refractivity contribution in [1.82, 2.24) is 19.7 Å². The number of hydrogen-bond acceptors (Lipinski definition) is 5. The van der Waals surface area contributed by atoms with Crippen LogP contribution >= 0.6 is 11.6 Å². The summed E-state index contributed by atoms with van der Waals surface area (Å²) in [6.07, 6.45) is -4.95. The van der Waals surface area contributed by atoms with Gasteiger partial charge in [-0.1, -0.05) is 28.9 Å². The minimum atomic E-state index is -4.95. The molecule has 0 bridgehead atoms. The lowest BCUT2D eigenvalue weighted by Crippen LogP contribution is -2.32. The van der Waals surface area contributed by atoms with Gasteiger partial charge in [-0.15, -0.1) is 5.10 Å². The predicted octanol–water partition coefficient (Wildman–Crippen LogP) is 3.51. The molecule has 1 amide bonds. The molecule has 30 heavy (non-hydrogen) atoms. The second-order valence-corrected chi connectivity index (χ2v) is 8.02. The van der Waals surface area contributed by atoms with E-state index in [4.69, 9.17) is 11.6 Å². The summed E-state index contributed by atoms with van der Waals surface area (Å²) < 4.78 is 80.0. The second-order valence-electron chi connectivity index (χ2n) is 5.96. The van der Waals surface area contributed by atoms with Crippen LogP contribution in [0.25, 0.3) is 5.69 Å². The molecule has 13 heteroatoms. The van der Waals surface area contributed by atoms with Crippen LogP contribution in [-0.2, 0) is 16.2 Å². The first-order valence-electron chi connectivity index (χ1n) is 8.03. The van der Waals surface area contributed by atoms with Crippen molar-refractivity contribution in [2.75, 3.05) is 0 Å². The molecule has 0 spiro atoms. The van der Waals surface area contributed by atoms with E-state index in [-0.39, 0.29) is 16.4 Å². The molecule has 2 aromatic carbocycles. The molecule has 0 unspecified atom stereocenters. The molecule has 0 saturated carbocycles. The number of benzene rings is 2. The van der Waals surface area contributed by atoms with Gasteiger partial charge >= 0.3 is 6.18 Å². The van der Waals surface area contributed by atoms with Gasteiger partial charge in [0.1, 0.15) is 5.82 Å². The number of nitrogens with zero attached hydrogens (tertiary/aromatic N) is 3. The number of nitrogens with one attached hydrogen (secondary N) is 1. The van der Waals surface area contributed by atoms with Gasteiger partial charge in [-0.3, -0.25) is 4.79 Å². The lowest BCUT2D eigenvalue weighted by atomic mass is 10.2. The van der Waals surface area contributed by atoms with E-state index in [1.165, 1.54) is 13.0 Å². The minimum Gasteiger partial charge on any atom is -0.266 e. The van der Waals surface area contributed by atoms with Gasteiger partial charge in [-0.25, -0.2) is 22.2 Å². The lowest BCUT2D eigenvalue weighted by Gasteiger charge is -2.13. The van der Waals surface area contributed by atoms with Crippen molar-refractivity contribution in [3.63, 3.8) is 0 Å². The summed E-state index contributed by atoms with van der Waals surface area (Å²) >= 11 is 5.94. The van der Waals surface area contributed by atoms with Crippen LogP contribution < -0.4 is 4.72 Å². The van der Waals surface area contributed by atoms with Gasteiger partial charge in [0.05, 0.1) is 26.9 Å². The Morgan fingerprint density at radius 1 is 1.17 bits per heavy atom. The second kappa shape index (κ2) is 7.69. The predicted molar refractivity (Wildman–Crippen MR) is 97.2 cm³/mol. The van der Waals surface area contributed by atoms with Crippen LogP contribution in [0, 0.1) is 12.7 Å². The van der Waals surface area contributed by atoms with Gasteiger partial charge < -0.3 is 0 Å². The van der Waals surface area contributed by atoms with Gasteiger partial charge in [0.25, 0.3) is 15.9 Å². The number of amides is 1. The Hall–Kier alpha value is -2.99. The Morgan fingerprint density at radius 3 is 2.47 bits per heavy atom. The first-order valence-corrected chi connectivity index (χ1v) is 9.89. The van der Waals surface area contributed by atoms with Gasteiger partial charge in [0, 0.05) is 0 Å². The van der Waals surface area contributed by atoms with E-state index in [9.17, 15) is 30.8 Å². The van der Waals surface area contributed by atoms with E-state index in [1.54, 1.807) is 4.72 Å². The summed E-state index contributed by atoms with van der Waals surface area (Å²) in [6, 6.07) is 6.75. The van der Waals surface area contributed by atoms with Crippen LogP contribution in [-0.4, -0.2) is 29.3 Å². The zero-order valence-electron chi connectivity index (χ0n) is 14.9. The normalized spacial score (nSPS) is 12.1. The molecule has 0 fully saturated rings. The van der Waals surface area contributed by atoms with E-state index >= 15 is 0 Å². The number of hydrogen-bond donors (Lipinski definition) is 1. The molecule has 7 nitrogen and oxygen atoms in total. The Balaban J connectivity index is 1.95. The van der Waals surface area contributed by atoms with Crippen LogP contribution in [0.4, 0.5) is 17.6 Å². The molecule has 0 radical (unpaired) electrons. The van der Waals surface area contributed by atoms with Crippen molar-refractivity contribution in [2.24, 2.45) is 0 Å². The first-order chi connectivity index (χ1) is 13.9. The summed E-state index contributed by atoms with van der Waals surface area (Å²) in [5.74, 6) is -1.91. The zero-order valence-corrected chi connectivity index (χ0v) is 16.5. The summed E-state index contributed by atoms with van der Waals surface area (Å²) in [4.78, 5) is 11.3. The summed E-state index contributed by atoms with van der Waals surface area (Å²) in [5.41, 5.74) is -1.71. The summed E-state index contributed by atoms with van der Waals surface area (Å²) in [7, 11) is -4.88. The highest BCUT2D eigenvalue weighted by Gasteiger charge is 2.37. The third-order valence-electron chi connectivity index (χ3n) is 3.96. The molecule has 0 aliphatic rings. The summed E-state index contributed by atoms with van der Waals surface area (Å²) in [6.45, 7) is 1.35. The van der Waals surface area contributed by atoms with Crippen molar-refractivity contribution in [3.8, 4) is 5.69 Å². The highest BCUT2D eigenvalue weighted by molar-refractivity contribution is 7.90. The standard InChI is InChI=1S/C17H11ClF4N4O3S/c1-9-15(23-25-26(9)13-7-6-10(19)8-12(13)18)16(27)24-30(28,29)14-5-3-2-4-11(14)17(20,21)22/h2-8H,1H3,(H,24,27). The molecule has 1 heterocycles. The quantitative estimate of drug-likeness (QED) is 0.599. The Morgan fingerprint density at radius 2 is 1.83 bits per heavy atom. The third kappa shape index (κ3) is 4.14. The van der Waals surface area contributed by atoms with Crippen molar-refractivity contribution in [3.05, 3.63) is 70.3 Å². The lowest BCUT2D eigenvalue weighted by molar-refractivity contribution is -0.139. The maximum absolute atomic E-state index is 13.2. The fourth-order valence-electron chi connectivity index (χ4n) is 2.58. The fraction of sp³-hybridized carbons (Fsp3) is 0.118. The Bertz CT molecular complexity index is 1240. The fourth-order valence-corrected chi connectivity index (χ4v) is 4.01. The van der Waals surface area contributed by atoms with Crippen molar-refractivity contribution < 1.29 is 30.8 Å². The molecule has 0 atom stereocenters. The average Bonchev–Trinajstić information content (AvgIpc) is 3.02. The molecule has 1 aromatic heterocycles. The topological polar surface area (TPSA) is 93.9 Å². The number of alkyl halides is 3. The van der Waals surface area contributed by atoms with Crippen LogP contribution in [0.1, 0.15) is 21.7 Å². The monoisotopic (exact) mass is 462 g/mol. The number of aromatic nitrogens is 3. The number of carbonyl (C=O) groups excluding carboxylic acids is 1. The van der Waals surface area contributed by atoms with Crippen LogP contribution in [0.15, 0.2) is 47.4 Å². The number of carbonyl (C=O) groups is 1. The van der Waals surface area contributed by atoms with Gasteiger partial charge in [-0.2, -0.15) is 13.2 Å². The summed E-state index contributed by atoms with van der Waals surface area (Å²) in [5, 5.41) is 7.19. The molecule has 0 saturated heterocycles. The van der Waals surface area contributed by atoms with Gasteiger partial charge in [-0.05, 0) is 37.3 Å². The molecular weight excluding hydrogens is 452 g/mol. The molecule has 158 valence electrons. The van der Waals surface area contributed by atoms with Crippen molar-refractivity contribution >= 4 is 27.5 Å². The molecule has 0 aliphatic carbocycles. The van der Waals surface area contributed by atoms with Gasteiger partial charge in [0.15, 0.2) is 5.69 Å². The highest BCUT2D eigenvalue weighted by Crippen LogP contribution is 2.34. The van der Waals surface area contributed by atoms with Crippen molar-refractivity contribution in [1.29, 1.82) is 0 Å². The number of rotatable bonds is 4. The minimum absolute atomic E-state index is 0.0281. The molecule has 1 N–H and O–H groups in total. The third-order valence-corrected chi connectivity index (χ3v) is 5.65. The van der Waals surface area contributed by atoms with Crippen LogP contribution in [0.5, 0.6) is 0 Å². The van der Waals surface area contributed by atoms with Crippen LogP contribution in [0.3, 0.4) is 0 Å². The highest BCUT2D eigenvalue weighted by atomic mass is 35.5. The number of sulfonamides is 1. The SMILES string of the molecule is Cc1c(C(=O)NS(=O)(=O)c2ccccc2C(F)(F)F)nnn1-c1ccc(F)cc1Cl. The average molecular weight is 463 g/mol. The van der Waals surface area contributed by atoms with E-state index in [0.29, 0.717) is 6.07 Å². The molecule has 3 aromatic rings. The zero-order chi connectivity index (χ0) is 22.3. The molecular formula is C17H11ClF4N4O3S. The maximum atomic E-state index is 13.2. The van der Waals surface area contributed by atoms with Gasteiger partial charge in [0.2, 0.25) is 0 Å². The van der Waals surface area contributed by atoms with E-state index < -0.39 is 44.1 Å². The number of halogens is 5. The largest absolute Gasteiger partial charge is 0.417 e. The van der Waals surface area contributed by atoms with E-state index in [2.05, 4.69) is 10.3 Å². The van der Waals surface area contributed by atoms with E-state index in [0.717, 1.165) is 35.0 Å². The van der Waals surface area contributed by atoms with E-state index in [1.807, 2.05) is 0 Å². The first kappa shape index (κ1) is 21.7. The smallest absolute Gasteiger partial charge is 0.266 e. The molecule has 3 rings (SSSR count). The molecule has 0 aliphatic heterocycles. The Kier molecular flexibility index (Phi) is 5.56. The van der Waals surface area contributed by atoms with Crippen LogP contribution in [0.2, 0.25) is 5.02 Å². The Labute approximate surface area is 172 Å². The maximum Gasteiger partial charge on any atom is 0.417 e. The van der Waals surface area contributed by atoms with Crippen molar-refractivity contribution in [2.45, 2.75) is 18.0 Å².